The van der Waals surface area contributed by atoms with Crippen molar-refractivity contribution in [2.24, 2.45) is 0 Å². The number of nitrogens with zero attached hydrogens (tertiary/aromatic N) is 2. The summed E-state index contributed by atoms with van der Waals surface area (Å²) in [5.41, 5.74) is 5.54. The molecule has 0 saturated carbocycles. The molecule has 3 aromatic rings. The summed E-state index contributed by atoms with van der Waals surface area (Å²) in [7, 11) is 0. The van der Waals surface area contributed by atoms with E-state index in [-0.39, 0.29) is 18.2 Å². The van der Waals surface area contributed by atoms with Crippen LogP contribution in [0.2, 0.25) is 0 Å². The van der Waals surface area contributed by atoms with Gasteiger partial charge in [0.25, 0.3) is 0 Å². The van der Waals surface area contributed by atoms with E-state index in [1.54, 1.807) is 6.07 Å². The van der Waals surface area contributed by atoms with Crippen LogP contribution < -0.4 is 0 Å². The highest BCUT2D eigenvalue weighted by molar-refractivity contribution is 5.85. The van der Waals surface area contributed by atoms with Crippen molar-refractivity contribution in [2.45, 2.75) is 19.9 Å². The van der Waals surface area contributed by atoms with Gasteiger partial charge in [-0.2, -0.15) is 0 Å². The van der Waals surface area contributed by atoms with Crippen molar-refractivity contribution < 1.29 is 5.11 Å². The summed E-state index contributed by atoms with van der Waals surface area (Å²) < 4.78 is 0. The maximum absolute atomic E-state index is 9.97. The van der Waals surface area contributed by atoms with E-state index < -0.39 is 0 Å². The topological polar surface area (TPSA) is 36.4 Å². The predicted molar refractivity (Wildman–Crippen MR) is 119 cm³/mol. The van der Waals surface area contributed by atoms with E-state index in [9.17, 15) is 5.11 Å². The van der Waals surface area contributed by atoms with Gasteiger partial charge in [-0.25, -0.2) is 4.98 Å². The molecule has 0 amide bonds. The molecule has 0 bridgehead atoms. The minimum Gasteiger partial charge on any atom is -0.506 e. The normalized spacial score (nSPS) is 14.8. The van der Waals surface area contributed by atoms with Gasteiger partial charge in [0, 0.05) is 25.0 Å². The minimum atomic E-state index is 0. The van der Waals surface area contributed by atoms with Crippen molar-refractivity contribution in [3.63, 3.8) is 0 Å². The summed E-state index contributed by atoms with van der Waals surface area (Å²) in [6.45, 7) is 5.16. The summed E-state index contributed by atoms with van der Waals surface area (Å²) in [4.78, 5) is 7.03. The molecule has 4 rings (SSSR count). The molecule has 3 nitrogen and oxygen atoms in total. The molecule has 1 N–H and O–H groups in total. The van der Waals surface area contributed by atoms with Crippen LogP contribution in [0.4, 0.5) is 0 Å². The zero-order chi connectivity index (χ0) is 18.6. The van der Waals surface area contributed by atoms with Crippen LogP contribution in [-0.2, 0) is 6.54 Å². The third kappa shape index (κ3) is 4.80. The first-order valence-electron chi connectivity index (χ1n) is 9.41. The summed E-state index contributed by atoms with van der Waals surface area (Å²) >= 11 is 0. The fourth-order valence-electron chi connectivity index (χ4n) is 3.41. The van der Waals surface area contributed by atoms with Crippen LogP contribution in [0.3, 0.4) is 0 Å². The Morgan fingerprint density at radius 3 is 2.61 bits per heavy atom. The van der Waals surface area contributed by atoms with Gasteiger partial charge < -0.3 is 5.11 Å². The Hall–Kier alpha value is -2.62. The summed E-state index contributed by atoms with van der Waals surface area (Å²) in [5, 5.41) is 10.9. The molecule has 2 aromatic carbocycles. The number of hydrogen-bond acceptors (Lipinski definition) is 3. The lowest BCUT2D eigenvalue weighted by Gasteiger charge is -2.25. The first kappa shape index (κ1) is 20.1. The number of para-hydroxylation sites is 1. The first-order valence-corrected chi connectivity index (χ1v) is 9.41. The lowest BCUT2D eigenvalue weighted by atomic mass is 10.1. The average Bonchev–Trinajstić information content (AvgIpc) is 2.70. The van der Waals surface area contributed by atoms with Crippen LogP contribution in [-0.4, -0.2) is 28.1 Å². The number of phenolic OH excluding ortho intramolecular Hbond substituents is 1. The molecule has 0 unspecified atom stereocenters. The molecule has 1 aliphatic rings. The van der Waals surface area contributed by atoms with E-state index in [0.717, 1.165) is 37.1 Å². The third-order valence-electron chi connectivity index (χ3n) is 5.04. The number of fused-ring (bicyclic) bond motifs is 1. The highest BCUT2D eigenvalue weighted by Gasteiger charge is 2.10. The number of phenols is 1. The average molecular weight is 393 g/mol. The molecule has 0 aliphatic carbocycles. The predicted octanol–water partition coefficient (Wildman–Crippen LogP) is 5.52. The molecule has 144 valence electrons. The maximum atomic E-state index is 9.97. The van der Waals surface area contributed by atoms with Crippen molar-refractivity contribution in [1.29, 1.82) is 0 Å². The standard InChI is InChI=1S/C24H24N2O.ClH/c1-18-5-7-20(8-6-18)17-26-15-13-19(14-16-26)9-11-22-12-10-21-3-2-4-23(27)24(21)25-22;/h2-13,27H,14-17H2,1H3;1H/b11-9+;. The van der Waals surface area contributed by atoms with Crippen LogP contribution in [0.15, 0.2) is 72.3 Å². The lowest BCUT2D eigenvalue weighted by Crippen LogP contribution is -2.28. The quantitative estimate of drug-likeness (QED) is 0.635. The summed E-state index contributed by atoms with van der Waals surface area (Å²) in [6.07, 6.45) is 7.53. The van der Waals surface area contributed by atoms with Crippen LogP contribution in [0.1, 0.15) is 23.2 Å². The van der Waals surface area contributed by atoms with Crippen LogP contribution in [0.25, 0.3) is 17.0 Å². The molecule has 0 fully saturated rings. The number of aromatic nitrogens is 1. The van der Waals surface area contributed by atoms with Crippen molar-refractivity contribution in [1.82, 2.24) is 9.88 Å². The fourth-order valence-corrected chi connectivity index (χ4v) is 3.41. The minimum absolute atomic E-state index is 0. The molecule has 0 spiro atoms. The second-order valence-electron chi connectivity index (χ2n) is 7.17. The Bertz CT molecular complexity index is 1010. The lowest BCUT2D eigenvalue weighted by molar-refractivity contribution is 0.287. The molecule has 0 saturated heterocycles. The molecule has 4 heteroatoms. The number of benzene rings is 2. The molecule has 0 atom stereocenters. The number of hydrogen-bond donors (Lipinski definition) is 1. The van der Waals surface area contributed by atoms with Crippen LogP contribution in [0.5, 0.6) is 5.75 Å². The van der Waals surface area contributed by atoms with Gasteiger partial charge >= 0.3 is 0 Å². The van der Waals surface area contributed by atoms with Gasteiger partial charge in [0.1, 0.15) is 11.3 Å². The Balaban J connectivity index is 0.00000225. The molecular formula is C24H25ClN2O. The number of rotatable bonds is 4. The van der Waals surface area contributed by atoms with E-state index in [0.29, 0.717) is 5.52 Å². The second-order valence-corrected chi connectivity index (χ2v) is 7.17. The molecule has 0 radical (unpaired) electrons. The number of allylic oxidation sites excluding steroid dienone is 1. The number of aryl methyl sites for hydroxylation is 1. The number of aromatic hydroxyl groups is 1. The van der Waals surface area contributed by atoms with E-state index in [1.807, 2.05) is 30.3 Å². The third-order valence-corrected chi connectivity index (χ3v) is 5.04. The van der Waals surface area contributed by atoms with Gasteiger partial charge in [-0.3, -0.25) is 4.90 Å². The van der Waals surface area contributed by atoms with Crippen molar-refractivity contribution >= 4 is 29.4 Å². The van der Waals surface area contributed by atoms with Gasteiger partial charge in [-0.05, 0) is 42.7 Å². The summed E-state index contributed by atoms with van der Waals surface area (Å²) in [5.74, 6) is 0.228. The van der Waals surface area contributed by atoms with Crippen LogP contribution >= 0.6 is 12.4 Å². The number of halogens is 1. The second kappa shape index (κ2) is 9.05. The van der Waals surface area contributed by atoms with Crippen LogP contribution in [0, 0.1) is 6.92 Å². The molecule has 1 aliphatic heterocycles. The maximum Gasteiger partial charge on any atom is 0.141 e. The largest absolute Gasteiger partial charge is 0.506 e. The first-order chi connectivity index (χ1) is 13.2. The molecule has 1 aromatic heterocycles. The van der Waals surface area contributed by atoms with Gasteiger partial charge in [-0.15, -0.1) is 12.4 Å². The van der Waals surface area contributed by atoms with E-state index in [1.165, 1.54) is 16.7 Å². The zero-order valence-electron chi connectivity index (χ0n) is 16.0. The SMILES string of the molecule is Cc1ccc(CN2CC=C(/C=C/c3ccc4cccc(O)c4n3)CC2)cc1.Cl. The van der Waals surface area contributed by atoms with E-state index in [2.05, 4.69) is 53.2 Å². The Morgan fingerprint density at radius 2 is 1.86 bits per heavy atom. The highest BCUT2D eigenvalue weighted by Crippen LogP contribution is 2.23. The van der Waals surface area contributed by atoms with Crippen molar-refractivity contribution in [2.75, 3.05) is 13.1 Å². The fraction of sp³-hybridized carbons (Fsp3) is 0.208. The Kier molecular flexibility index (Phi) is 6.50. The molecule has 2 heterocycles. The highest BCUT2D eigenvalue weighted by atomic mass is 35.5. The van der Waals surface area contributed by atoms with Crippen molar-refractivity contribution in [3.05, 3.63) is 89.1 Å². The Labute approximate surface area is 172 Å². The Morgan fingerprint density at radius 1 is 1.04 bits per heavy atom. The van der Waals surface area contributed by atoms with E-state index >= 15 is 0 Å². The number of pyridine rings is 1. The smallest absolute Gasteiger partial charge is 0.141 e. The van der Waals surface area contributed by atoms with Crippen molar-refractivity contribution in [3.8, 4) is 5.75 Å². The summed E-state index contributed by atoms with van der Waals surface area (Å²) in [6, 6.07) is 18.3. The monoisotopic (exact) mass is 392 g/mol. The molecular weight excluding hydrogens is 368 g/mol. The van der Waals surface area contributed by atoms with Gasteiger partial charge in [0.05, 0.1) is 5.69 Å². The van der Waals surface area contributed by atoms with Gasteiger partial charge in [0.2, 0.25) is 0 Å². The van der Waals surface area contributed by atoms with E-state index in [4.69, 9.17) is 0 Å². The molecule has 28 heavy (non-hydrogen) atoms. The van der Waals surface area contributed by atoms with Gasteiger partial charge in [0.15, 0.2) is 0 Å². The van der Waals surface area contributed by atoms with Gasteiger partial charge in [-0.1, -0.05) is 60.2 Å². The zero-order valence-corrected chi connectivity index (χ0v) is 16.8.